The normalized spacial score (nSPS) is 18.5. The highest BCUT2D eigenvalue weighted by Crippen LogP contribution is 2.60. The summed E-state index contributed by atoms with van der Waals surface area (Å²) in [5.74, 6) is -0.995. The molecule has 0 fully saturated rings. The van der Waals surface area contributed by atoms with E-state index in [-0.39, 0.29) is 11.6 Å². The van der Waals surface area contributed by atoms with Crippen LogP contribution >= 0.6 is 22.5 Å². The minimum Gasteiger partial charge on any atom is -0.478 e. The fraction of sp³-hybridized carbons (Fsp3) is 0.296. The number of likely N-dealkylation sites (N-methyl/N-ethyl adjacent to an activating group) is 1. The largest absolute Gasteiger partial charge is 0.478 e. The first kappa shape index (κ1) is 25.6. The van der Waals surface area contributed by atoms with Crippen molar-refractivity contribution in [1.29, 1.82) is 0 Å². The van der Waals surface area contributed by atoms with Gasteiger partial charge in [0.25, 0.3) is 0 Å². The van der Waals surface area contributed by atoms with Crippen LogP contribution in [0.3, 0.4) is 0 Å². The van der Waals surface area contributed by atoms with Crippen molar-refractivity contribution in [3.05, 3.63) is 72.3 Å². The lowest BCUT2D eigenvalue weighted by Crippen LogP contribution is -2.39. The Morgan fingerprint density at radius 3 is 2.49 bits per heavy atom. The Labute approximate surface area is 213 Å². The SMILES string of the molecule is CCCCC1CN(c2ccccc2)c2cc(SC)c(-c3cccc(C(=O)O)c3)cc2S(O)(O)N1C. The summed E-state index contributed by atoms with van der Waals surface area (Å²) in [6.45, 7) is 2.77. The van der Waals surface area contributed by atoms with Crippen molar-refractivity contribution in [2.75, 3.05) is 24.7 Å². The first-order valence-electron chi connectivity index (χ1n) is 11.7. The molecule has 3 aromatic carbocycles. The van der Waals surface area contributed by atoms with Gasteiger partial charge in [-0.1, -0.05) is 50.1 Å². The summed E-state index contributed by atoms with van der Waals surface area (Å²) >= 11 is 1.56. The van der Waals surface area contributed by atoms with Crippen molar-refractivity contribution >= 4 is 39.9 Å². The Morgan fingerprint density at radius 1 is 1.09 bits per heavy atom. The zero-order chi connectivity index (χ0) is 25.2. The van der Waals surface area contributed by atoms with Gasteiger partial charge in [0.15, 0.2) is 0 Å². The van der Waals surface area contributed by atoms with Crippen LogP contribution in [0.2, 0.25) is 0 Å². The van der Waals surface area contributed by atoms with Crippen LogP contribution in [0.1, 0.15) is 36.5 Å². The molecule has 1 aliphatic rings. The van der Waals surface area contributed by atoms with E-state index in [0.29, 0.717) is 11.4 Å². The van der Waals surface area contributed by atoms with Gasteiger partial charge in [-0.3, -0.25) is 9.11 Å². The Morgan fingerprint density at radius 2 is 1.83 bits per heavy atom. The van der Waals surface area contributed by atoms with Gasteiger partial charge in [0.05, 0.1) is 16.1 Å². The molecule has 0 spiro atoms. The maximum atomic E-state index is 11.6. The lowest BCUT2D eigenvalue weighted by atomic mass is 10.0. The van der Waals surface area contributed by atoms with E-state index in [1.54, 1.807) is 41.3 Å². The molecule has 1 unspecified atom stereocenters. The summed E-state index contributed by atoms with van der Waals surface area (Å²) in [7, 11) is -1.50. The fourth-order valence-corrected chi connectivity index (χ4v) is 6.80. The summed E-state index contributed by atoms with van der Waals surface area (Å²) in [6, 6.07) is 20.6. The maximum Gasteiger partial charge on any atom is 0.335 e. The minimum atomic E-state index is -3.29. The fourth-order valence-electron chi connectivity index (χ4n) is 4.55. The van der Waals surface area contributed by atoms with Gasteiger partial charge in [0.2, 0.25) is 0 Å². The summed E-state index contributed by atoms with van der Waals surface area (Å²) in [4.78, 5) is 15.2. The van der Waals surface area contributed by atoms with E-state index in [1.165, 1.54) is 0 Å². The van der Waals surface area contributed by atoms with Crippen molar-refractivity contribution in [2.45, 2.75) is 42.0 Å². The van der Waals surface area contributed by atoms with E-state index < -0.39 is 16.7 Å². The van der Waals surface area contributed by atoms with Gasteiger partial charge < -0.3 is 10.0 Å². The van der Waals surface area contributed by atoms with Crippen molar-refractivity contribution in [2.24, 2.45) is 0 Å². The number of anilines is 2. The zero-order valence-corrected chi connectivity index (χ0v) is 21.9. The first-order valence-corrected chi connectivity index (χ1v) is 14.4. The topological polar surface area (TPSA) is 84.2 Å². The molecule has 0 saturated heterocycles. The number of thioether (sulfide) groups is 1. The molecule has 8 heteroatoms. The Bertz CT molecular complexity index is 1200. The Hall–Kier alpha value is -2.49. The predicted octanol–water partition coefficient (Wildman–Crippen LogP) is 7.44. The molecule has 35 heavy (non-hydrogen) atoms. The molecule has 6 nitrogen and oxygen atoms in total. The number of carbonyl (C=O) groups is 1. The number of carboxylic acids is 1. The summed E-state index contributed by atoms with van der Waals surface area (Å²) in [5, 5.41) is 9.50. The molecule has 0 radical (unpaired) electrons. The van der Waals surface area contributed by atoms with E-state index >= 15 is 0 Å². The average molecular weight is 513 g/mol. The van der Waals surface area contributed by atoms with Gasteiger partial charge in [0, 0.05) is 30.2 Å². The van der Waals surface area contributed by atoms with E-state index in [4.69, 9.17) is 0 Å². The Kier molecular flexibility index (Phi) is 7.78. The van der Waals surface area contributed by atoms with Crippen LogP contribution in [0.15, 0.2) is 76.5 Å². The number of para-hydroxylation sites is 1. The summed E-state index contributed by atoms with van der Waals surface area (Å²) in [5.41, 5.74) is 3.47. The lowest BCUT2D eigenvalue weighted by Gasteiger charge is -2.43. The van der Waals surface area contributed by atoms with E-state index in [2.05, 4.69) is 11.8 Å². The molecular formula is C27H32N2O4S2. The molecule has 1 aliphatic heterocycles. The van der Waals surface area contributed by atoms with Crippen LogP contribution in [0.4, 0.5) is 11.4 Å². The summed E-state index contributed by atoms with van der Waals surface area (Å²) in [6.07, 6.45) is 4.85. The minimum absolute atomic E-state index is 0.0518. The van der Waals surface area contributed by atoms with Crippen LogP contribution in [0, 0.1) is 0 Å². The van der Waals surface area contributed by atoms with E-state index in [9.17, 15) is 19.0 Å². The van der Waals surface area contributed by atoms with Gasteiger partial charge in [-0.05, 0) is 60.2 Å². The van der Waals surface area contributed by atoms with Crippen LogP contribution in [0.25, 0.3) is 11.1 Å². The van der Waals surface area contributed by atoms with Crippen molar-refractivity contribution in [1.82, 2.24) is 4.31 Å². The molecular weight excluding hydrogens is 480 g/mol. The molecule has 0 saturated carbocycles. The number of aromatic carboxylic acids is 1. The van der Waals surface area contributed by atoms with Crippen molar-refractivity contribution in [3.8, 4) is 11.1 Å². The monoisotopic (exact) mass is 512 g/mol. The van der Waals surface area contributed by atoms with Gasteiger partial charge in [-0.15, -0.1) is 22.5 Å². The standard InChI is InChI=1S/C27H32N2O4S2/c1-4-5-12-22-18-29(21-13-7-6-8-14-21)24-17-25(34-3)23(16-26(24)35(32,33)28(22)2)19-10-9-11-20(15-19)27(30)31/h6-11,13-17,22,32-33H,4-5,12,18H2,1-3H3,(H,30,31). The number of nitrogens with zero attached hydrogens (tertiary/aromatic N) is 2. The van der Waals surface area contributed by atoms with E-state index in [1.807, 2.05) is 54.8 Å². The molecule has 0 bridgehead atoms. The summed E-state index contributed by atoms with van der Waals surface area (Å²) < 4.78 is 25.0. The van der Waals surface area contributed by atoms with Gasteiger partial charge in [-0.25, -0.2) is 9.10 Å². The van der Waals surface area contributed by atoms with Crippen LogP contribution in [-0.2, 0) is 0 Å². The highest BCUT2D eigenvalue weighted by atomic mass is 32.3. The maximum absolute atomic E-state index is 11.6. The smallest absolute Gasteiger partial charge is 0.335 e. The van der Waals surface area contributed by atoms with Crippen LogP contribution in [0.5, 0.6) is 0 Å². The number of carboxylic acid groups (broad SMARTS) is 1. The number of fused-ring (bicyclic) bond motifs is 1. The molecule has 0 aliphatic carbocycles. The third-order valence-corrected chi connectivity index (χ3v) is 9.35. The lowest BCUT2D eigenvalue weighted by molar-refractivity contribution is 0.0697. The quantitative estimate of drug-likeness (QED) is 0.284. The molecule has 1 atom stereocenters. The second kappa shape index (κ2) is 10.6. The molecule has 3 N–H and O–H groups in total. The number of hydrogen-bond donors (Lipinski definition) is 3. The van der Waals surface area contributed by atoms with Gasteiger partial charge >= 0.3 is 5.97 Å². The first-order chi connectivity index (χ1) is 16.8. The number of rotatable bonds is 7. The average Bonchev–Trinajstić information content (AvgIpc) is 2.95. The number of hydrogen-bond acceptors (Lipinski definition) is 6. The second-order valence-corrected chi connectivity index (χ2v) is 11.6. The third kappa shape index (κ3) is 5.08. The molecule has 4 rings (SSSR count). The zero-order valence-electron chi connectivity index (χ0n) is 20.2. The molecule has 0 aromatic heterocycles. The van der Waals surface area contributed by atoms with Crippen molar-refractivity contribution < 1.29 is 19.0 Å². The molecule has 3 aromatic rings. The van der Waals surface area contributed by atoms with Crippen LogP contribution in [-0.4, -0.2) is 50.4 Å². The second-order valence-electron chi connectivity index (χ2n) is 8.71. The number of unbranched alkanes of at least 4 members (excludes halogenated alkanes) is 1. The van der Waals surface area contributed by atoms with E-state index in [0.717, 1.165) is 46.7 Å². The van der Waals surface area contributed by atoms with Crippen molar-refractivity contribution in [3.63, 3.8) is 0 Å². The molecule has 0 amide bonds. The van der Waals surface area contributed by atoms with Gasteiger partial charge in [0.1, 0.15) is 0 Å². The highest BCUT2D eigenvalue weighted by Gasteiger charge is 2.37. The molecule has 1 heterocycles. The number of benzene rings is 3. The third-order valence-electron chi connectivity index (χ3n) is 6.56. The van der Waals surface area contributed by atoms with Gasteiger partial charge in [-0.2, -0.15) is 0 Å². The highest BCUT2D eigenvalue weighted by molar-refractivity contribution is 8.22. The Balaban J connectivity index is 1.95. The van der Waals surface area contributed by atoms with Crippen LogP contribution < -0.4 is 4.90 Å². The molecule has 186 valence electrons. The predicted molar refractivity (Wildman–Crippen MR) is 146 cm³/mol.